The van der Waals surface area contributed by atoms with Gasteiger partial charge in [0.05, 0.1) is 0 Å². The Morgan fingerprint density at radius 2 is 1.23 bits per heavy atom. The van der Waals surface area contributed by atoms with Crippen LogP contribution in [0.15, 0.2) is 130 Å². The molecule has 5 nitrogen and oxygen atoms in total. The molecule has 0 bridgehead atoms. The number of aryl methyl sites for hydroxylation is 1. The van der Waals surface area contributed by atoms with E-state index in [9.17, 15) is 0 Å². The van der Waals surface area contributed by atoms with Gasteiger partial charge in [0.25, 0.3) is 0 Å². The molecule has 0 saturated heterocycles. The zero-order valence-corrected chi connectivity index (χ0v) is 23.7. The van der Waals surface area contributed by atoms with E-state index < -0.39 is 0 Å². The highest BCUT2D eigenvalue weighted by Crippen LogP contribution is 2.41. The summed E-state index contributed by atoms with van der Waals surface area (Å²) in [5.41, 5.74) is 8.65. The van der Waals surface area contributed by atoms with Crippen LogP contribution in [0, 0.1) is 0 Å². The molecule has 0 amide bonds. The predicted molar refractivity (Wildman–Crippen MR) is 176 cm³/mol. The number of benzene rings is 5. The first kappa shape index (κ1) is 24.8. The van der Waals surface area contributed by atoms with Crippen LogP contribution in [-0.2, 0) is 6.42 Å². The average Bonchev–Trinajstić information content (AvgIpc) is 3.67. The largest absolute Gasteiger partial charge is 0.456 e. The van der Waals surface area contributed by atoms with Crippen molar-refractivity contribution in [3.05, 3.63) is 133 Å². The Morgan fingerprint density at radius 3 is 2.00 bits per heavy atom. The minimum Gasteiger partial charge on any atom is -0.456 e. The summed E-state index contributed by atoms with van der Waals surface area (Å²) in [7, 11) is 0. The quantitative estimate of drug-likeness (QED) is 0.212. The van der Waals surface area contributed by atoms with Crippen molar-refractivity contribution in [2.24, 2.45) is 0 Å². The molecular weight excluding hydrogens is 542 g/mol. The van der Waals surface area contributed by atoms with Gasteiger partial charge in [-0.1, -0.05) is 109 Å². The van der Waals surface area contributed by atoms with Crippen LogP contribution in [-0.4, -0.2) is 15.0 Å². The van der Waals surface area contributed by atoms with Crippen molar-refractivity contribution in [2.45, 2.75) is 12.8 Å². The van der Waals surface area contributed by atoms with Crippen LogP contribution in [0.3, 0.4) is 0 Å². The number of aromatic nitrogens is 3. The molecule has 208 valence electrons. The molecule has 0 radical (unpaired) electrons. The number of nitrogens with zero attached hydrogens (tertiary/aromatic N) is 3. The van der Waals surface area contributed by atoms with E-state index in [0.29, 0.717) is 17.5 Å². The normalized spacial score (nSPS) is 12.7. The molecule has 3 heterocycles. The van der Waals surface area contributed by atoms with Crippen molar-refractivity contribution < 1.29 is 8.83 Å². The summed E-state index contributed by atoms with van der Waals surface area (Å²) in [6.07, 6.45) is 6.32. The third-order valence-electron chi connectivity index (χ3n) is 8.43. The van der Waals surface area contributed by atoms with Gasteiger partial charge in [-0.25, -0.2) is 15.0 Å². The molecule has 0 atom stereocenters. The van der Waals surface area contributed by atoms with Crippen LogP contribution in [0.2, 0.25) is 0 Å². The molecular formula is C39H25N3O2. The van der Waals surface area contributed by atoms with Gasteiger partial charge in [-0.15, -0.1) is 0 Å². The van der Waals surface area contributed by atoms with Crippen LogP contribution in [0.25, 0.3) is 84.3 Å². The molecule has 3 aromatic heterocycles. The second-order valence-electron chi connectivity index (χ2n) is 11.1. The Kier molecular flexibility index (Phi) is 5.56. The highest BCUT2D eigenvalue weighted by molar-refractivity contribution is 6.15. The SMILES string of the molecule is C1=Cc2oc3cc(-c4cccc5c4oc4cccc(-c6nc(-c7ccccc7)nc(-c7ccccc7)n6)c45)ccc3c2CC1. The zero-order valence-electron chi connectivity index (χ0n) is 23.7. The minimum absolute atomic E-state index is 0.604. The fraction of sp³-hybridized carbons (Fsp3) is 0.0513. The van der Waals surface area contributed by atoms with E-state index in [4.69, 9.17) is 23.8 Å². The second kappa shape index (κ2) is 9.89. The number of hydrogen-bond donors (Lipinski definition) is 0. The van der Waals surface area contributed by atoms with E-state index in [1.165, 1.54) is 10.9 Å². The van der Waals surface area contributed by atoms with E-state index >= 15 is 0 Å². The average molecular weight is 568 g/mol. The fourth-order valence-electron chi connectivity index (χ4n) is 6.34. The number of rotatable bonds is 4. The number of hydrogen-bond acceptors (Lipinski definition) is 5. The summed E-state index contributed by atoms with van der Waals surface area (Å²) in [5, 5.41) is 3.18. The van der Waals surface area contributed by atoms with Crippen LogP contribution >= 0.6 is 0 Å². The summed E-state index contributed by atoms with van der Waals surface area (Å²) in [6, 6.07) is 38.9. The van der Waals surface area contributed by atoms with Gasteiger partial charge in [0.2, 0.25) is 0 Å². The van der Waals surface area contributed by atoms with Crippen LogP contribution in [0.1, 0.15) is 17.7 Å². The number of fused-ring (bicyclic) bond motifs is 6. The van der Waals surface area contributed by atoms with Crippen molar-refractivity contribution in [3.63, 3.8) is 0 Å². The van der Waals surface area contributed by atoms with E-state index in [1.54, 1.807) is 0 Å². The Hall–Kier alpha value is -5.81. The Balaban J connectivity index is 1.25. The lowest BCUT2D eigenvalue weighted by Gasteiger charge is -2.09. The third kappa shape index (κ3) is 3.97. The standard InChI is InChI=1S/C39H25N3O2/c1-3-11-24(12-4-1)37-40-38(25-13-5-2-6-14-25)42-39(41-37)31-18-10-20-33-35(31)30-17-9-16-27(36(30)44-33)26-21-22-29-28-15-7-8-19-32(28)43-34(29)23-26/h1-6,8-14,16-23H,7,15H2. The van der Waals surface area contributed by atoms with E-state index in [2.05, 4.69) is 54.6 Å². The summed E-state index contributed by atoms with van der Waals surface area (Å²) in [6.45, 7) is 0. The fourth-order valence-corrected chi connectivity index (χ4v) is 6.34. The van der Waals surface area contributed by atoms with Crippen LogP contribution in [0.5, 0.6) is 0 Å². The molecule has 44 heavy (non-hydrogen) atoms. The molecule has 5 heteroatoms. The van der Waals surface area contributed by atoms with E-state index in [0.717, 1.165) is 73.9 Å². The smallest absolute Gasteiger partial charge is 0.164 e. The third-order valence-corrected chi connectivity index (χ3v) is 8.43. The topological polar surface area (TPSA) is 65.0 Å². The first-order valence-corrected chi connectivity index (χ1v) is 14.8. The lowest BCUT2D eigenvalue weighted by Crippen LogP contribution is -2.00. The van der Waals surface area contributed by atoms with Gasteiger partial charge in [-0.2, -0.15) is 0 Å². The summed E-state index contributed by atoms with van der Waals surface area (Å²) >= 11 is 0. The van der Waals surface area contributed by atoms with Gasteiger partial charge >= 0.3 is 0 Å². The highest BCUT2D eigenvalue weighted by atomic mass is 16.3. The molecule has 0 aliphatic heterocycles. The van der Waals surface area contributed by atoms with E-state index in [1.807, 2.05) is 72.8 Å². The summed E-state index contributed by atoms with van der Waals surface area (Å²) in [5.74, 6) is 2.83. The molecule has 0 unspecified atom stereocenters. The molecule has 0 fully saturated rings. The van der Waals surface area contributed by atoms with Crippen molar-refractivity contribution >= 4 is 39.0 Å². The van der Waals surface area contributed by atoms with Gasteiger partial charge in [-0.3, -0.25) is 0 Å². The molecule has 5 aromatic carbocycles. The lowest BCUT2D eigenvalue weighted by atomic mass is 9.97. The lowest BCUT2D eigenvalue weighted by molar-refractivity contribution is 0.595. The Bertz CT molecular complexity index is 2330. The predicted octanol–water partition coefficient (Wildman–Crippen LogP) is 10.1. The first-order valence-electron chi connectivity index (χ1n) is 14.8. The van der Waals surface area contributed by atoms with Crippen LogP contribution in [0.4, 0.5) is 0 Å². The number of furan rings is 2. The number of para-hydroxylation sites is 1. The van der Waals surface area contributed by atoms with Crippen molar-refractivity contribution in [1.29, 1.82) is 0 Å². The molecule has 1 aliphatic rings. The maximum absolute atomic E-state index is 6.61. The van der Waals surface area contributed by atoms with Gasteiger partial charge < -0.3 is 8.83 Å². The molecule has 1 aliphatic carbocycles. The second-order valence-corrected chi connectivity index (χ2v) is 11.1. The summed E-state index contributed by atoms with van der Waals surface area (Å²) < 4.78 is 12.9. The van der Waals surface area contributed by atoms with Gasteiger partial charge in [0.15, 0.2) is 17.5 Å². The maximum Gasteiger partial charge on any atom is 0.164 e. The van der Waals surface area contributed by atoms with Crippen LogP contribution < -0.4 is 0 Å². The van der Waals surface area contributed by atoms with Crippen molar-refractivity contribution in [1.82, 2.24) is 15.0 Å². The molecule has 9 rings (SSSR count). The highest BCUT2D eigenvalue weighted by Gasteiger charge is 2.20. The minimum atomic E-state index is 0.604. The van der Waals surface area contributed by atoms with Gasteiger partial charge in [0.1, 0.15) is 22.5 Å². The van der Waals surface area contributed by atoms with Crippen molar-refractivity contribution in [2.75, 3.05) is 0 Å². The number of allylic oxidation sites excluding steroid dienone is 1. The molecule has 0 N–H and O–H groups in total. The van der Waals surface area contributed by atoms with Gasteiger partial charge in [-0.05, 0) is 36.6 Å². The Morgan fingerprint density at radius 1 is 0.523 bits per heavy atom. The molecule has 8 aromatic rings. The zero-order chi connectivity index (χ0) is 29.0. The Labute approximate surface area is 253 Å². The maximum atomic E-state index is 6.61. The monoisotopic (exact) mass is 567 g/mol. The van der Waals surface area contributed by atoms with Gasteiger partial charge in [0, 0.05) is 44.0 Å². The van der Waals surface area contributed by atoms with Crippen molar-refractivity contribution in [3.8, 4) is 45.3 Å². The first-order chi connectivity index (χ1) is 21.8. The molecule has 0 saturated carbocycles. The molecule has 0 spiro atoms. The van der Waals surface area contributed by atoms with E-state index in [-0.39, 0.29) is 0 Å². The summed E-state index contributed by atoms with van der Waals surface area (Å²) in [4.78, 5) is 14.9.